The predicted octanol–water partition coefficient (Wildman–Crippen LogP) is 2.51. The van der Waals surface area contributed by atoms with E-state index in [9.17, 15) is 9.59 Å². The van der Waals surface area contributed by atoms with Crippen molar-refractivity contribution < 1.29 is 24.2 Å². The van der Waals surface area contributed by atoms with Crippen LogP contribution in [0.2, 0.25) is 0 Å². The number of carboxylic acids is 1. The molecule has 1 amide bonds. The number of fused-ring (bicyclic) bond motifs is 1. The van der Waals surface area contributed by atoms with Crippen molar-refractivity contribution in [2.75, 3.05) is 13.2 Å². The zero-order chi connectivity index (χ0) is 15.6. The van der Waals surface area contributed by atoms with Crippen LogP contribution in [-0.4, -0.2) is 40.8 Å². The number of benzene rings is 1. The van der Waals surface area contributed by atoms with Gasteiger partial charge in [-0.1, -0.05) is 6.07 Å². The van der Waals surface area contributed by atoms with Crippen LogP contribution < -0.4 is 4.74 Å². The van der Waals surface area contributed by atoms with Gasteiger partial charge in [-0.2, -0.15) is 0 Å². The number of amides is 1. The third-order valence-electron chi connectivity index (χ3n) is 2.95. The van der Waals surface area contributed by atoms with Crippen LogP contribution in [0.1, 0.15) is 36.7 Å². The zero-order valence-corrected chi connectivity index (χ0v) is 12.4. The number of hydrogen-bond acceptors (Lipinski definition) is 4. The lowest BCUT2D eigenvalue weighted by Crippen LogP contribution is -2.37. The van der Waals surface area contributed by atoms with Gasteiger partial charge in [0.2, 0.25) is 0 Å². The van der Waals surface area contributed by atoms with Crippen molar-refractivity contribution in [3.05, 3.63) is 29.3 Å². The van der Waals surface area contributed by atoms with Crippen LogP contribution in [0.25, 0.3) is 0 Å². The average molecular weight is 293 g/mol. The molecule has 6 nitrogen and oxygen atoms in total. The largest absolute Gasteiger partial charge is 0.491 e. The minimum absolute atomic E-state index is 0.166. The topological polar surface area (TPSA) is 76.1 Å². The lowest BCUT2D eigenvalue weighted by Gasteiger charge is -2.26. The van der Waals surface area contributed by atoms with Gasteiger partial charge in [-0.25, -0.2) is 9.59 Å². The van der Waals surface area contributed by atoms with Gasteiger partial charge in [-0.15, -0.1) is 0 Å². The molecule has 0 spiro atoms. The maximum absolute atomic E-state index is 12.1. The van der Waals surface area contributed by atoms with Crippen molar-refractivity contribution in [2.24, 2.45) is 0 Å². The first-order valence-corrected chi connectivity index (χ1v) is 6.73. The lowest BCUT2D eigenvalue weighted by atomic mass is 10.1. The van der Waals surface area contributed by atoms with Crippen LogP contribution in [0.15, 0.2) is 18.2 Å². The molecule has 0 unspecified atom stereocenters. The summed E-state index contributed by atoms with van der Waals surface area (Å²) in [5, 5.41) is 8.98. The predicted molar refractivity (Wildman–Crippen MR) is 75.5 cm³/mol. The third-order valence-corrected chi connectivity index (χ3v) is 2.95. The van der Waals surface area contributed by atoms with Crippen molar-refractivity contribution in [2.45, 2.75) is 32.9 Å². The van der Waals surface area contributed by atoms with Gasteiger partial charge in [0.1, 0.15) is 18.0 Å². The number of hydrogen-bond donors (Lipinski definition) is 1. The number of carbonyl (C=O) groups excluding carboxylic acids is 1. The van der Waals surface area contributed by atoms with Gasteiger partial charge in [0.05, 0.1) is 18.7 Å². The van der Waals surface area contributed by atoms with E-state index in [1.807, 2.05) is 20.8 Å². The maximum Gasteiger partial charge on any atom is 0.410 e. The molecule has 1 aromatic carbocycles. The Morgan fingerprint density at radius 1 is 1.33 bits per heavy atom. The van der Waals surface area contributed by atoms with Crippen LogP contribution >= 0.6 is 0 Å². The van der Waals surface area contributed by atoms with Crippen LogP contribution in [0.5, 0.6) is 5.75 Å². The molecule has 1 aliphatic heterocycles. The van der Waals surface area contributed by atoms with E-state index < -0.39 is 17.7 Å². The van der Waals surface area contributed by atoms with Crippen molar-refractivity contribution in [1.29, 1.82) is 0 Å². The van der Waals surface area contributed by atoms with Gasteiger partial charge in [0.15, 0.2) is 0 Å². The summed E-state index contributed by atoms with van der Waals surface area (Å²) in [4.78, 5) is 24.6. The standard InChI is InChI=1S/C15H19NO5/c1-15(2,3)21-14(19)16-6-7-20-12-8-10(13(17)18)4-5-11(12)9-16/h4-5,8H,6-7,9H2,1-3H3,(H,17,18). The Kier molecular flexibility index (Phi) is 4.06. The second kappa shape index (κ2) is 5.63. The molecule has 1 N–H and O–H groups in total. The number of rotatable bonds is 1. The van der Waals surface area contributed by atoms with Gasteiger partial charge in [0.25, 0.3) is 0 Å². The SMILES string of the molecule is CC(C)(C)OC(=O)N1CCOc2cc(C(=O)O)ccc2C1. The fraction of sp³-hybridized carbons (Fsp3) is 0.467. The highest BCUT2D eigenvalue weighted by Gasteiger charge is 2.25. The fourth-order valence-corrected chi connectivity index (χ4v) is 1.99. The first kappa shape index (κ1) is 15.2. The number of ether oxygens (including phenoxy) is 2. The molecule has 0 saturated carbocycles. The molecule has 1 aromatic rings. The van der Waals surface area contributed by atoms with Crippen molar-refractivity contribution in [3.8, 4) is 5.75 Å². The normalized spacial score (nSPS) is 14.7. The molecule has 0 radical (unpaired) electrons. The Hall–Kier alpha value is -2.24. The molecule has 0 aliphatic carbocycles. The maximum atomic E-state index is 12.1. The second-order valence-electron chi connectivity index (χ2n) is 5.88. The summed E-state index contributed by atoms with van der Waals surface area (Å²) in [6.45, 7) is 6.47. The minimum atomic E-state index is -1.00. The molecule has 114 valence electrons. The average Bonchev–Trinajstić information content (AvgIpc) is 2.57. The number of carbonyl (C=O) groups is 2. The minimum Gasteiger partial charge on any atom is -0.491 e. The van der Waals surface area contributed by atoms with E-state index in [4.69, 9.17) is 14.6 Å². The van der Waals surface area contributed by atoms with E-state index in [1.165, 1.54) is 12.1 Å². The molecule has 0 atom stereocenters. The first-order valence-electron chi connectivity index (χ1n) is 6.73. The highest BCUT2D eigenvalue weighted by molar-refractivity contribution is 5.88. The molecule has 0 saturated heterocycles. The molecule has 2 rings (SSSR count). The highest BCUT2D eigenvalue weighted by Crippen LogP contribution is 2.25. The van der Waals surface area contributed by atoms with Crippen molar-refractivity contribution in [3.63, 3.8) is 0 Å². The molecule has 21 heavy (non-hydrogen) atoms. The van der Waals surface area contributed by atoms with Crippen LogP contribution in [0.4, 0.5) is 4.79 Å². The Balaban J connectivity index is 2.18. The number of aromatic carboxylic acids is 1. The van der Waals surface area contributed by atoms with Crippen LogP contribution in [0, 0.1) is 0 Å². The molecule has 0 aromatic heterocycles. The summed E-state index contributed by atoms with van der Waals surface area (Å²) in [5.74, 6) is -0.504. The van der Waals surface area contributed by atoms with Crippen molar-refractivity contribution >= 4 is 12.1 Å². The van der Waals surface area contributed by atoms with E-state index in [0.29, 0.717) is 25.4 Å². The van der Waals surface area contributed by atoms with E-state index >= 15 is 0 Å². The number of nitrogens with zero attached hydrogens (tertiary/aromatic N) is 1. The molecule has 6 heteroatoms. The molecule has 0 bridgehead atoms. The Bertz CT molecular complexity index is 562. The molecule has 0 fully saturated rings. The summed E-state index contributed by atoms with van der Waals surface area (Å²) < 4.78 is 10.9. The van der Waals surface area contributed by atoms with Gasteiger partial charge >= 0.3 is 12.1 Å². The monoisotopic (exact) mass is 293 g/mol. The second-order valence-corrected chi connectivity index (χ2v) is 5.88. The number of carboxylic acid groups (broad SMARTS) is 1. The van der Waals surface area contributed by atoms with E-state index in [1.54, 1.807) is 11.0 Å². The smallest absolute Gasteiger partial charge is 0.410 e. The summed E-state index contributed by atoms with van der Waals surface area (Å²) in [7, 11) is 0. The fourth-order valence-electron chi connectivity index (χ4n) is 1.99. The Labute approximate surface area is 123 Å². The van der Waals surface area contributed by atoms with Crippen LogP contribution in [0.3, 0.4) is 0 Å². The van der Waals surface area contributed by atoms with E-state index in [-0.39, 0.29) is 5.56 Å². The van der Waals surface area contributed by atoms with Gasteiger partial charge < -0.3 is 19.5 Å². The molecular weight excluding hydrogens is 274 g/mol. The Morgan fingerprint density at radius 3 is 2.67 bits per heavy atom. The molecule has 1 aliphatic rings. The summed E-state index contributed by atoms with van der Waals surface area (Å²) in [6.07, 6.45) is -0.402. The van der Waals surface area contributed by atoms with Crippen molar-refractivity contribution in [1.82, 2.24) is 4.90 Å². The van der Waals surface area contributed by atoms with Gasteiger partial charge in [-0.05, 0) is 32.9 Å². The van der Waals surface area contributed by atoms with E-state index in [0.717, 1.165) is 5.56 Å². The molecular formula is C15H19NO5. The third kappa shape index (κ3) is 3.87. The summed E-state index contributed by atoms with van der Waals surface area (Å²) >= 11 is 0. The summed E-state index contributed by atoms with van der Waals surface area (Å²) in [6, 6.07) is 4.65. The van der Waals surface area contributed by atoms with Gasteiger partial charge in [-0.3, -0.25) is 0 Å². The van der Waals surface area contributed by atoms with Gasteiger partial charge in [0, 0.05) is 5.56 Å². The first-order chi connectivity index (χ1) is 9.76. The molecule has 1 heterocycles. The Morgan fingerprint density at radius 2 is 2.05 bits per heavy atom. The quantitative estimate of drug-likeness (QED) is 0.861. The van der Waals surface area contributed by atoms with Crippen LogP contribution in [-0.2, 0) is 11.3 Å². The zero-order valence-electron chi connectivity index (χ0n) is 12.4. The summed E-state index contributed by atoms with van der Waals surface area (Å²) in [5.41, 5.74) is 0.378. The van der Waals surface area contributed by atoms with E-state index in [2.05, 4.69) is 0 Å². The lowest BCUT2D eigenvalue weighted by molar-refractivity contribution is 0.0225. The highest BCUT2D eigenvalue weighted by atomic mass is 16.6.